The van der Waals surface area contributed by atoms with Gasteiger partial charge in [0.2, 0.25) is 10.0 Å². The molecule has 0 unspecified atom stereocenters. The molecule has 22 heavy (non-hydrogen) atoms. The number of carboxylic acid groups (broad SMARTS) is 1. The predicted octanol–water partition coefficient (Wildman–Crippen LogP) is 0.718. The number of nitrogens with zero attached hydrogens (tertiary/aromatic N) is 3. The number of rotatable bonds is 6. The molecule has 2 heterocycles. The second kappa shape index (κ2) is 6.76. The fourth-order valence-electron chi connectivity index (χ4n) is 2.42. The van der Waals surface area contributed by atoms with E-state index in [1.807, 2.05) is 0 Å². The molecule has 0 spiro atoms. The molecule has 1 aromatic rings. The predicted molar refractivity (Wildman–Crippen MR) is 78.0 cm³/mol. The Hall–Kier alpha value is -1.45. The Bertz CT molecular complexity index is 619. The van der Waals surface area contributed by atoms with Crippen LogP contribution >= 0.6 is 0 Å². The quantitative estimate of drug-likeness (QED) is 0.824. The van der Waals surface area contributed by atoms with Gasteiger partial charge in [0, 0.05) is 25.5 Å². The van der Waals surface area contributed by atoms with Crippen LogP contribution in [-0.2, 0) is 19.6 Å². The molecule has 0 amide bonds. The normalized spacial score (nSPS) is 17.3. The minimum Gasteiger partial charge on any atom is -0.480 e. The van der Waals surface area contributed by atoms with E-state index >= 15 is 0 Å². The summed E-state index contributed by atoms with van der Waals surface area (Å²) < 4.78 is 33.0. The van der Waals surface area contributed by atoms with Crippen molar-refractivity contribution in [3.63, 3.8) is 0 Å². The van der Waals surface area contributed by atoms with Crippen molar-refractivity contribution >= 4 is 16.0 Å². The first-order valence-electron chi connectivity index (χ1n) is 7.18. The smallest absolute Gasteiger partial charge is 0.318 e. The van der Waals surface area contributed by atoms with E-state index in [0.29, 0.717) is 13.2 Å². The molecule has 1 aliphatic rings. The number of aliphatic carboxylic acids is 1. The van der Waals surface area contributed by atoms with Gasteiger partial charge in [0.25, 0.3) is 0 Å². The van der Waals surface area contributed by atoms with Crippen LogP contribution in [0.15, 0.2) is 17.3 Å². The van der Waals surface area contributed by atoms with Crippen LogP contribution in [0.3, 0.4) is 0 Å². The zero-order valence-corrected chi connectivity index (χ0v) is 13.5. The van der Waals surface area contributed by atoms with Crippen LogP contribution in [0.4, 0.5) is 0 Å². The molecule has 1 aromatic heterocycles. The van der Waals surface area contributed by atoms with Crippen LogP contribution < -0.4 is 0 Å². The highest BCUT2D eigenvalue weighted by molar-refractivity contribution is 7.89. The van der Waals surface area contributed by atoms with Crippen LogP contribution in [0, 0.1) is 0 Å². The van der Waals surface area contributed by atoms with Crippen molar-refractivity contribution in [2.24, 2.45) is 0 Å². The Morgan fingerprint density at radius 2 is 2.14 bits per heavy atom. The average Bonchev–Trinajstić information content (AvgIpc) is 2.95. The molecule has 0 bridgehead atoms. The van der Waals surface area contributed by atoms with Gasteiger partial charge >= 0.3 is 5.97 Å². The van der Waals surface area contributed by atoms with E-state index in [4.69, 9.17) is 9.84 Å². The minimum absolute atomic E-state index is 0.0222. The van der Waals surface area contributed by atoms with E-state index in [-0.39, 0.29) is 10.9 Å². The summed E-state index contributed by atoms with van der Waals surface area (Å²) in [5, 5.41) is 13.0. The van der Waals surface area contributed by atoms with Gasteiger partial charge in [0.1, 0.15) is 11.4 Å². The van der Waals surface area contributed by atoms with Crippen molar-refractivity contribution in [3.8, 4) is 0 Å². The summed E-state index contributed by atoms with van der Waals surface area (Å²) in [5.41, 5.74) is 0. The van der Waals surface area contributed by atoms with E-state index in [0.717, 1.165) is 17.1 Å². The Morgan fingerprint density at radius 3 is 2.68 bits per heavy atom. The Balaban J connectivity index is 2.24. The summed E-state index contributed by atoms with van der Waals surface area (Å²) in [6.07, 6.45) is 4.32. The molecule has 0 radical (unpaired) electrons. The van der Waals surface area contributed by atoms with Crippen LogP contribution in [0.1, 0.15) is 32.7 Å². The van der Waals surface area contributed by atoms with Gasteiger partial charge in [-0.25, -0.2) is 8.42 Å². The maximum absolute atomic E-state index is 12.6. The molecule has 1 N–H and O–H groups in total. The molecular weight excluding hydrogens is 310 g/mol. The van der Waals surface area contributed by atoms with E-state index in [9.17, 15) is 13.2 Å². The van der Waals surface area contributed by atoms with Gasteiger partial charge < -0.3 is 9.84 Å². The zero-order valence-electron chi connectivity index (χ0n) is 12.7. The second-order valence-corrected chi connectivity index (χ2v) is 7.43. The van der Waals surface area contributed by atoms with Gasteiger partial charge in [-0.2, -0.15) is 9.40 Å². The maximum Gasteiger partial charge on any atom is 0.318 e. The largest absolute Gasteiger partial charge is 0.480 e. The van der Waals surface area contributed by atoms with Gasteiger partial charge in [-0.05, 0) is 26.7 Å². The number of aromatic nitrogens is 2. The van der Waals surface area contributed by atoms with Gasteiger partial charge in [-0.15, -0.1) is 0 Å². The summed E-state index contributed by atoms with van der Waals surface area (Å²) in [5.74, 6) is -1.19. The lowest BCUT2D eigenvalue weighted by Crippen LogP contribution is -2.40. The third-order valence-electron chi connectivity index (χ3n) is 3.62. The number of sulfonamides is 1. The van der Waals surface area contributed by atoms with Crippen molar-refractivity contribution < 1.29 is 23.1 Å². The first-order chi connectivity index (χ1) is 10.3. The first kappa shape index (κ1) is 16.9. The molecule has 1 saturated heterocycles. The summed E-state index contributed by atoms with van der Waals surface area (Å²) in [6, 6.07) is -0.336. The molecule has 2 rings (SSSR count). The van der Waals surface area contributed by atoms with Crippen molar-refractivity contribution in [3.05, 3.63) is 12.4 Å². The fourth-order valence-corrected chi connectivity index (χ4v) is 3.94. The highest BCUT2D eigenvalue weighted by atomic mass is 32.2. The summed E-state index contributed by atoms with van der Waals surface area (Å²) in [7, 11) is -3.88. The van der Waals surface area contributed by atoms with Gasteiger partial charge in [-0.1, -0.05) is 0 Å². The molecule has 1 fully saturated rings. The van der Waals surface area contributed by atoms with Crippen molar-refractivity contribution in [1.29, 1.82) is 0 Å². The van der Waals surface area contributed by atoms with Crippen molar-refractivity contribution in [2.45, 2.75) is 43.7 Å². The van der Waals surface area contributed by atoms with E-state index in [1.165, 1.54) is 12.4 Å². The van der Waals surface area contributed by atoms with Gasteiger partial charge in [0.15, 0.2) is 0 Å². The SMILES string of the molecule is CC(C)N(CC(=O)O)S(=O)(=O)c1cnn(C2CCOCC2)c1. The van der Waals surface area contributed by atoms with Crippen LogP contribution in [0.2, 0.25) is 0 Å². The zero-order chi connectivity index (χ0) is 16.3. The molecule has 9 heteroatoms. The van der Waals surface area contributed by atoms with Gasteiger partial charge in [-0.3, -0.25) is 9.48 Å². The molecular formula is C13H21N3O5S. The average molecular weight is 331 g/mol. The standard InChI is InChI=1S/C13H21N3O5S/c1-10(2)16(9-13(17)18)22(19,20)12-7-14-15(8-12)11-3-5-21-6-4-11/h7-8,10-11H,3-6,9H2,1-2H3,(H,17,18). The fraction of sp³-hybridized carbons (Fsp3) is 0.692. The van der Waals surface area contributed by atoms with Crippen LogP contribution in [0.5, 0.6) is 0 Å². The Labute approximate surface area is 129 Å². The first-order valence-corrected chi connectivity index (χ1v) is 8.62. The molecule has 1 aliphatic heterocycles. The maximum atomic E-state index is 12.6. The van der Waals surface area contributed by atoms with E-state index in [1.54, 1.807) is 18.5 Å². The summed E-state index contributed by atoms with van der Waals surface area (Å²) >= 11 is 0. The van der Waals surface area contributed by atoms with E-state index < -0.39 is 28.6 Å². The monoisotopic (exact) mass is 331 g/mol. The van der Waals surface area contributed by atoms with E-state index in [2.05, 4.69) is 5.10 Å². The number of carbonyl (C=O) groups is 1. The highest BCUT2D eigenvalue weighted by Crippen LogP contribution is 2.23. The Morgan fingerprint density at radius 1 is 1.50 bits per heavy atom. The Kier molecular flexibility index (Phi) is 5.20. The summed E-state index contributed by atoms with van der Waals surface area (Å²) in [4.78, 5) is 10.9. The molecule has 0 saturated carbocycles. The lowest BCUT2D eigenvalue weighted by molar-refractivity contribution is -0.137. The topological polar surface area (TPSA) is 102 Å². The molecule has 0 aromatic carbocycles. The second-order valence-electron chi connectivity index (χ2n) is 5.54. The number of ether oxygens (including phenoxy) is 1. The van der Waals surface area contributed by atoms with Crippen LogP contribution in [-0.4, -0.2) is 59.4 Å². The number of hydrogen-bond acceptors (Lipinski definition) is 5. The molecule has 124 valence electrons. The van der Waals surface area contributed by atoms with Crippen molar-refractivity contribution in [1.82, 2.24) is 14.1 Å². The molecule has 8 nitrogen and oxygen atoms in total. The third kappa shape index (κ3) is 3.65. The van der Waals surface area contributed by atoms with Gasteiger partial charge in [0.05, 0.1) is 12.2 Å². The highest BCUT2D eigenvalue weighted by Gasteiger charge is 2.31. The van der Waals surface area contributed by atoms with Crippen LogP contribution in [0.25, 0.3) is 0 Å². The number of hydrogen-bond donors (Lipinski definition) is 1. The molecule has 0 atom stereocenters. The lowest BCUT2D eigenvalue weighted by atomic mass is 10.1. The number of carboxylic acids is 1. The molecule has 0 aliphatic carbocycles. The van der Waals surface area contributed by atoms with Crippen molar-refractivity contribution in [2.75, 3.05) is 19.8 Å². The third-order valence-corrected chi connectivity index (χ3v) is 5.59. The minimum atomic E-state index is -3.88. The lowest BCUT2D eigenvalue weighted by Gasteiger charge is -2.24. The summed E-state index contributed by atoms with van der Waals surface area (Å²) in [6.45, 7) is 3.97.